The second kappa shape index (κ2) is 11.2. The Hall–Kier alpha value is -4.35. The van der Waals surface area contributed by atoms with Crippen LogP contribution in [-0.2, 0) is 32.5 Å². The van der Waals surface area contributed by atoms with Crippen molar-refractivity contribution in [3.05, 3.63) is 89.7 Å². The molecule has 0 radical (unpaired) electrons. The fourth-order valence-electron chi connectivity index (χ4n) is 4.49. The minimum absolute atomic E-state index is 0.00745. The van der Waals surface area contributed by atoms with Crippen LogP contribution < -0.4 is 10.0 Å². The average Bonchev–Trinajstić information content (AvgIpc) is 2.95. The number of hydrogen-bond acceptors (Lipinski definition) is 8. The van der Waals surface area contributed by atoms with Crippen LogP contribution in [0.3, 0.4) is 0 Å². The van der Waals surface area contributed by atoms with E-state index in [4.69, 9.17) is 9.72 Å². The second-order valence-electron chi connectivity index (χ2n) is 9.02. The van der Waals surface area contributed by atoms with Gasteiger partial charge in [-0.25, -0.2) is 18.2 Å². The van der Waals surface area contributed by atoms with Gasteiger partial charge in [0.2, 0.25) is 0 Å². The zero-order valence-corrected chi connectivity index (χ0v) is 22.1. The molecular weight excluding hydrogens is 518 g/mol. The number of anilines is 2. The van der Waals surface area contributed by atoms with Crippen LogP contribution in [-0.4, -0.2) is 54.9 Å². The summed E-state index contributed by atoms with van der Waals surface area (Å²) in [4.78, 5) is 36.8. The van der Waals surface area contributed by atoms with Gasteiger partial charge in [0.05, 0.1) is 16.0 Å². The number of hydrogen-bond donors (Lipinski definition) is 2. The number of nitrogens with zero attached hydrogens (tertiary/aromatic N) is 3. The number of benzene rings is 2. The SMILES string of the molecule is CCN1CCc2nc3ccccc3c(C(=O)OCC(=O)Nc3ccc(S(=O)(=O)Nc4ccccn4)cc3)c2C1. The van der Waals surface area contributed by atoms with Gasteiger partial charge in [-0.15, -0.1) is 0 Å². The van der Waals surface area contributed by atoms with Gasteiger partial charge >= 0.3 is 5.97 Å². The van der Waals surface area contributed by atoms with Crippen molar-refractivity contribution in [1.29, 1.82) is 0 Å². The molecular formula is C28H27N5O5S. The van der Waals surface area contributed by atoms with E-state index in [9.17, 15) is 18.0 Å². The van der Waals surface area contributed by atoms with E-state index in [1.165, 1.54) is 36.5 Å². The van der Waals surface area contributed by atoms with Crippen LogP contribution in [0.5, 0.6) is 0 Å². The highest BCUT2D eigenvalue weighted by Gasteiger charge is 2.26. The number of aromatic nitrogens is 2. The summed E-state index contributed by atoms with van der Waals surface area (Å²) in [5.41, 5.74) is 3.23. The third-order valence-electron chi connectivity index (χ3n) is 6.46. The van der Waals surface area contributed by atoms with Crippen LogP contribution in [0.2, 0.25) is 0 Å². The number of para-hydroxylation sites is 1. The highest BCUT2D eigenvalue weighted by Crippen LogP contribution is 2.29. The van der Waals surface area contributed by atoms with Crippen LogP contribution in [0.1, 0.15) is 28.5 Å². The Morgan fingerprint density at radius 2 is 1.79 bits per heavy atom. The first-order chi connectivity index (χ1) is 18.8. The van der Waals surface area contributed by atoms with E-state index in [0.29, 0.717) is 28.7 Å². The van der Waals surface area contributed by atoms with Crippen LogP contribution in [0.4, 0.5) is 11.5 Å². The fraction of sp³-hybridized carbons (Fsp3) is 0.214. The van der Waals surface area contributed by atoms with Crippen LogP contribution in [0.15, 0.2) is 77.8 Å². The standard InChI is InChI=1S/C28H27N5O5S/c1-2-33-16-14-24-22(17-33)27(21-7-3-4-8-23(21)31-24)28(35)38-18-26(34)30-19-10-12-20(13-11-19)39(36,37)32-25-9-5-6-15-29-25/h3-13,15H,2,14,16-18H2,1H3,(H,29,32)(H,30,34). The van der Waals surface area contributed by atoms with Crippen molar-refractivity contribution < 1.29 is 22.7 Å². The summed E-state index contributed by atoms with van der Waals surface area (Å²) in [6.07, 6.45) is 2.22. The van der Waals surface area contributed by atoms with E-state index in [0.717, 1.165) is 30.8 Å². The Kier molecular flexibility index (Phi) is 7.53. The lowest BCUT2D eigenvalue weighted by atomic mass is 9.96. The number of fused-ring (bicyclic) bond motifs is 2. The molecule has 5 rings (SSSR count). The van der Waals surface area contributed by atoms with Gasteiger partial charge in [0.25, 0.3) is 15.9 Å². The number of likely N-dealkylation sites (N-methyl/N-ethyl adjacent to an activating group) is 1. The number of esters is 1. The van der Waals surface area contributed by atoms with Gasteiger partial charge in [-0.3, -0.25) is 19.4 Å². The van der Waals surface area contributed by atoms with Gasteiger partial charge in [-0.1, -0.05) is 31.2 Å². The maximum atomic E-state index is 13.3. The van der Waals surface area contributed by atoms with Crippen molar-refractivity contribution in [2.24, 2.45) is 0 Å². The van der Waals surface area contributed by atoms with E-state index in [2.05, 4.69) is 26.8 Å². The lowest BCUT2D eigenvalue weighted by Crippen LogP contribution is -2.32. The molecule has 0 saturated heterocycles. The lowest BCUT2D eigenvalue weighted by molar-refractivity contribution is -0.119. The van der Waals surface area contributed by atoms with Gasteiger partial charge in [0.15, 0.2) is 6.61 Å². The molecule has 0 saturated carbocycles. The minimum atomic E-state index is -3.85. The summed E-state index contributed by atoms with van der Waals surface area (Å²) in [6.45, 7) is 3.88. The average molecular weight is 546 g/mol. The molecule has 0 fully saturated rings. The lowest BCUT2D eigenvalue weighted by Gasteiger charge is -2.28. The van der Waals surface area contributed by atoms with Crippen molar-refractivity contribution in [1.82, 2.24) is 14.9 Å². The molecule has 1 aliphatic heterocycles. The van der Waals surface area contributed by atoms with Crippen LogP contribution in [0, 0.1) is 0 Å². The molecule has 3 heterocycles. The molecule has 2 aromatic carbocycles. The number of rotatable bonds is 8. The summed E-state index contributed by atoms with van der Waals surface area (Å²) in [5, 5.41) is 3.32. The monoisotopic (exact) mass is 545 g/mol. The third kappa shape index (κ3) is 5.89. The number of amides is 1. The smallest absolute Gasteiger partial charge is 0.339 e. The van der Waals surface area contributed by atoms with Crippen LogP contribution >= 0.6 is 0 Å². The van der Waals surface area contributed by atoms with E-state index in [1.807, 2.05) is 24.3 Å². The molecule has 10 nitrogen and oxygen atoms in total. The Balaban J connectivity index is 1.26. The van der Waals surface area contributed by atoms with Gasteiger partial charge in [0, 0.05) is 48.0 Å². The molecule has 1 aliphatic rings. The van der Waals surface area contributed by atoms with E-state index >= 15 is 0 Å². The number of ether oxygens (including phenoxy) is 1. The van der Waals surface area contributed by atoms with Gasteiger partial charge in [0.1, 0.15) is 5.82 Å². The molecule has 11 heteroatoms. The summed E-state index contributed by atoms with van der Waals surface area (Å²) in [7, 11) is -3.85. The molecule has 0 atom stereocenters. The molecule has 0 bridgehead atoms. The van der Waals surface area contributed by atoms with Crippen molar-refractivity contribution in [3.63, 3.8) is 0 Å². The number of carbonyl (C=O) groups is 2. The Labute approximate surface area is 226 Å². The predicted octanol–water partition coefficient (Wildman–Crippen LogP) is 3.60. The van der Waals surface area contributed by atoms with E-state index in [1.54, 1.807) is 12.1 Å². The highest BCUT2D eigenvalue weighted by atomic mass is 32.2. The number of sulfonamides is 1. The molecule has 0 aliphatic carbocycles. The maximum absolute atomic E-state index is 13.3. The molecule has 0 spiro atoms. The van der Waals surface area contributed by atoms with E-state index < -0.39 is 28.5 Å². The minimum Gasteiger partial charge on any atom is -0.452 e. The van der Waals surface area contributed by atoms with Gasteiger partial charge in [-0.05, 0) is 49.0 Å². The Morgan fingerprint density at radius 3 is 2.54 bits per heavy atom. The molecule has 200 valence electrons. The Morgan fingerprint density at radius 1 is 1.03 bits per heavy atom. The Bertz CT molecular complexity index is 1630. The normalized spacial score (nSPS) is 13.5. The van der Waals surface area contributed by atoms with Crippen molar-refractivity contribution >= 4 is 44.3 Å². The van der Waals surface area contributed by atoms with E-state index in [-0.39, 0.29) is 10.7 Å². The largest absolute Gasteiger partial charge is 0.452 e. The van der Waals surface area contributed by atoms with Crippen molar-refractivity contribution in [2.75, 3.05) is 29.7 Å². The van der Waals surface area contributed by atoms with Gasteiger partial charge in [-0.2, -0.15) is 0 Å². The topological polar surface area (TPSA) is 131 Å². The maximum Gasteiger partial charge on any atom is 0.339 e. The molecule has 1 amide bonds. The molecule has 2 N–H and O–H groups in total. The zero-order valence-electron chi connectivity index (χ0n) is 21.3. The first-order valence-electron chi connectivity index (χ1n) is 12.5. The first-order valence-corrected chi connectivity index (χ1v) is 14.0. The molecule has 39 heavy (non-hydrogen) atoms. The molecule has 2 aromatic heterocycles. The summed E-state index contributed by atoms with van der Waals surface area (Å²) in [6, 6.07) is 17.9. The summed E-state index contributed by atoms with van der Waals surface area (Å²) in [5.74, 6) is -0.935. The van der Waals surface area contributed by atoms with Crippen molar-refractivity contribution in [2.45, 2.75) is 24.8 Å². The summed E-state index contributed by atoms with van der Waals surface area (Å²) < 4.78 is 33.0. The fourth-order valence-corrected chi connectivity index (χ4v) is 5.49. The number of nitrogens with one attached hydrogen (secondary N) is 2. The highest BCUT2D eigenvalue weighted by molar-refractivity contribution is 7.92. The molecule has 4 aromatic rings. The quantitative estimate of drug-likeness (QED) is 0.321. The summed E-state index contributed by atoms with van der Waals surface area (Å²) >= 11 is 0. The first kappa shape index (κ1) is 26.3. The predicted molar refractivity (Wildman–Crippen MR) is 147 cm³/mol. The number of carbonyl (C=O) groups excluding carboxylic acids is 2. The zero-order chi connectivity index (χ0) is 27.4. The molecule has 0 unspecified atom stereocenters. The third-order valence-corrected chi connectivity index (χ3v) is 7.83. The van der Waals surface area contributed by atoms with Crippen LogP contribution in [0.25, 0.3) is 10.9 Å². The second-order valence-corrected chi connectivity index (χ2v) is 10.7. The number of pyridine rings is 2. The van der Waals surface area contributed by atoms with Crippen molar-refractivity contribution in [3.8, 4) is 0 Å². The van der Waals surface area contributed by atoms with Gasteiger partial charge < -0.3 is 10.1 Å².